The van der Waals surface area contributed by atoms with E-state index in [9.17, 15) is 19.1 Å². The van der Waals surface area contributed by atoms with Gasteiger partial charge in [0.15, 0.2) is 0 Å². The summed E-state index contributed by atoms with van der Waals surface area (Å²) in [6, 6.07) is 13.4. The standard InChI is InChI=1S/C25H23FN4O4/c1-25(2,3)34-24(33)29(4)21-10-9-18(22(26)28-21)15-5-7-16(8-6-15)19-13-17-11-12-27-14-20(17)30(19)23(31)32/h5-14H,1-4H3,(H,31,32). The van der Waals surface area contributed by atoms with Gasteiger partial charge in [0, 0.05) is 24.2 Å². The van der Waals surface area contributed by atoms with Crippen LogP contribution in [-0.4, -0.2) is 44.5 Å². The second-order valence-corrected chi connectivity index (χ2v) is 8.71. The second-order valence-electron chi connectivity index (χ2n) is 8.71. The van der Waals surface area contributed by atoms with Crippen molar-refractivity contribution < 1.29 is 23.8 Å². The molecule has 0 atom stereocenters. The molecule has 3 heterocycles. The minimum atomic E-state index is -1.12. The fraction of sp³-hybridized carbons (Fsp3) is 0.200. The molecule has 0 aliphatic carbocycles. The number of pyridine rings is 2. The van der Waals surface area contributed by atoms with Gasteiger partial charge >= 0.3 is 12.2 Å². The molecule has 3 aromatic heterocycles. The van der Waals surface area contributed by atoms with Gasteiger partial charge in [-0.15, -0.1) is 0 Å². The highest BCUT2D eigenvalue weighted by Gasteiger charge is 2.22. The van der Waals surface area contributed by atoms with Gasteiger partial charge in [-0.3, -0.25) is 9.88 Å². The third kappa shape index (κ3) is 4.45. The molecule has 0 fully saturated rings. The summed E-state index contributed by atoms with van der Waals surface area (Å²) >= 11 is 0. The number of benzene rings is 1. The van der Waals surface area contributed by atoms with Crippen LogP contribution in [0.2, 0.25) is 0 Å². The van der Waals surface area contributed by atoms with Crippen LogP contribution in [0.25, 0.3) is 33.3 Å². The average Bonchev–Trinajstić information content (AvgIpc) is 3.17. The van der Waals surface area contributed by atoms with Crippen molar-refractivity contribution in [2.75, 3.05) is 11.9 Å². The van der Waals surface area contributed by atoms with E-state index < -0.39 is 23.7 Å². The Morgan fingerprint density at radius 2 is 1.74 bits per heavy atom. The normalized spacial score (nSPS) is 11.4. The molecule has 0 saturated heterocycles. The van der Waals surface area contributed by atoms with Gasteiger partial charge in [-0.05, 0) is 56.2 Å². The van der Waals surface area contributed by atoms with Gasteiger partial charge in [-0.1, -0.05) is 24.3 Å². The summed E-state index contributed by atoms with van der Waals surface area (Å²) in [5.74, 6) is -0.627. The van der Waals surface area contributed by atoms with Crippen molar-refractivity contribution in [1.82, 2.24) is 14.5 Å². The molecule has 0 unspecified atom stereocenters. The van der Waals surface area contributed by atoms with Crippen LogP contribution in [-0.2, 0) is 4.74 Å². The lowest BCUT2D eigenvalue weighted by atomic mass is 10.0. The fourth-order valence-corrected chi connectivity index (χ4v) is 3.54. The van der Waals surface area contributed by atoms with Crippen molar-refractivity contribution in [1.29, 1.82) is 0 Å². The number of halogens is 1. The molecule has 0 bridgehead atoms. The van der Waals surface area contributed by atoms with Crippen LogP contribution in [0.5, 0.6) is 0 Å². The van der Waals surface area contributed by atoms with Crippen LogP contribution in [0.3, 0.4) is 0 Å². The molecule has 0 aliphatic heterocycles. The number of anilines is 1. The number of fused-ring (bicyclic) bond motifs is 1. The van der Waals surface area contributed by atoms with Gasteiger partial charge < -0.3 is 9.84 Å². The first-order valence-corrected chi connectivity index (χ1v) is 10.5. The number of rotatable bonds is 3. The van der Waals surface area contributed by atoms with Crippen molar-refractivity contribution in [2.45, 2.75) is 26.4 Å². The average molecular weight is 462 g/mol. The summed E-state index contributed by atoms with van der Waals surface area (Å²) in [4.78, 5) is 33.2. The number of carbonyl (C=O) groups is 2. The third-order valence-corrected chi connectivity index (χ3v) is 5.13. The van der Waals surface area contributed by atoms with Crippen LogP contribution < -0.4 is 4.90 Å². The lowest BCUT2D eigenvalue weighted by Crippen LogP contribution is -2.34. The van der Waals surface area contributed by atoms with E-state index in [1.807, 2.05) is 0 Å². The summed E-state index contributed by atoms with van der Waals surface area (Å²) in [6.07, 6.45) is 1.33. The van der Waals surface area contributed by atoms with Gasteiger partial charge in [0.25, 0.3) is 0 Å². The smallest absolute Gasteiger partial charge is 0.416 e. The molecule has 1 amide bonds. The summed E-state index contributed by atoms with van der Waals surface area (Å²) in [5.41, 5.74) is 1.73. The molecule has 0 saturated carbocycles. The van der Waals surface area contributed by atoms with E-state index in [0.717, 1.165) is 10.3 Å². The molecule has 9 heteroatoms. The van der Waals surface area contributed by atoms with E-state index in [1.165, 1.54) is 29.9 Å². The minimum absolute atomic E-state index is 0.117. The quantitative estimate of drug-likeness (QED) is 0.386. The molecule has 1 aromatic carbocycles. The maximum Gasteiger partial charge on any atom is 0.416 e. The van der Waals surface area contributed by atoms with Gasteiger partial charge in [-0.2, -0.15) is 4.39 Å². The molecule has 0 radical (unpaired) electrons. The zero-order valence-electron chi connectivity index (χ0n) is 19.1. The maximum absolute atomic E-state index is 14.9. The van der Waals surface area contributed by atoms with E-state index in [1.54, 1.807) is 63.4 Å². The molecular weight excluding hydrogens is 439 g/mol. The van der Waals surface area contributed by atoms with E-state index in [2.05, 4.69) is 9.97 Å². The van der Waals surface area contributed by atoms with Crippen LogP contribution in [0.4, 0.5) is 19.8 Å². The summed E-state index contributed by atoms with van der Waals surface area (Å²) in [6.45, 7) is 5.23. The Kier molecular flexibility index (Phi) is 5.78. The van der Waals surface area contributed by atoms with Crippen molar-refractivity contribution in [3.8, 4) is 22.4 Å². The molecule has 0 aliphatic rings. The molecule has 1 N–H and O–H groups in total. The monoisotopic (exact) mass is 462 g/mol. The molecular formula is C25H23FN4O4. The number of carboxylic acid groups (broad SMARTS) is 1. The SMILES string of the molecule is CN(C(=O)OC(C)(C)C)c1ccc(-c2ccc(-c3cc4ccncc4n3C(=O)O)cc2)c(F)n1. The molecule has 174 valence electrons. The molecule has 4 aromatic rings. The van der Waals surface area contributed by atoms with Gasteiger partial charge in [0.1, 0.15) is 11.4 Å². The van der Waals surface area contributed by atoms with Crippen molar-refractivity contribution in [2.24, 2.45) is 0 Å². The van der Waals surface area contributed by atoms with Crippen LogP contribution in [0, 0.1) is 5.95 Å². The molecule has 0 spiro atoms. The van der Waals surface area contributed by atoms with Crippen LogP contribution in [0.15, 0.2) is 60.9 Å². The van der Waals surface area contributed by atoms with Crippen LogP contribution in [0.1, 0.15) is 20.8 Å². The van der Waals surface area contributed by atoms with Gasteiger partial charge in [-0.25, -0.2) is 19.1 Å². The molecule has 8 nitrogen and oxygen atoms in total. The first-order valence-electron chi connectivity index (χ1n) is 10.5. The number of hydrogen-bond donors (Lipinski definition) is 1. The number of hydrogen-bond acceptors (Lipinski definition) is 5. The summed E-state index contributed by atoms with van der Waals surface area (Å²) in [5, 5.41) is 10.4. The number of carbonyl (C=O) groups excluding carboxylic acids is 1. The third-order valence-electron chi connectivity index (χ3n) is 5.13. The molecule has 4 rings (SSSR count). The Morgan fingerprint density at radius 1 is 1.06 bits per heavy atom. The Bertz CT molecular complexity index is 1390. The maximum atomic E-state index is 14.9. The predicted octanol–water partition coefficient (Wildman–Crippen LogP) is 5.80. The molecule has 34 heavy (non-hydrogen) atoms. The highest BCUT2D eigenvalue weighted by molar-refractivity contribution is 5.95. The lowest BCUT2D eigenvalue weighted by molar-refractivity contribution is 0.0588. The van der Waals surface area contributed by atoms with Gasteiger partial charge in [0.05, 0.1) is 17.4 Å². The number of ether oxygens (including phenoxy) is 1. The Morgan fingerprint density at radius 3 is 2.35 bits per heavy atom. The van der Waals surface area contributed by atoms with Crippen molar-refractivity contribution >= 4 is 28.9 Å². The summed E-state index contributed by atoms with van der Waals surface area (Å²) < 4.78 is 21.3. The topological polar surface area (TPSA) is 97.6 Å². The fourth-order valence-electron chi connectivity index (χ4n) is 3.54. The zero-order valence-corrected chi connectivity index (χ0v) is 19.1. The minimum Gasteiger partial charge on any atom is -0.464 e. The number of aromatic nitrogens is 3. The Labute approximate surface area is 195 Å². The highest BCUT2D eigenvalue weighted by Crippen LogP contribution is 2.31. The largest absolute Gasteiger partial charge is 0.464 e. The van der Waals surface area contributed by atoms with E-state index in [0.29, 0.717) is 22.3 Å². The van der Waals surface area contributed by atoms with Gasteiger partial charge in [0.2, 0.25) is 5.95 Å². The first kappa shape index (κ1) is 22.9. The predicted molar refractivity (Wildman–Crippen MR) is 126 cm³/mol. The number of amides is 1. The Balaban J connectivity index is 1.63. The van der Waals surface area contributed by atoms with Crippen molar-refractivity contribution in [3.63, 3.8) is 0 Å². The number of nitrogens with zero attached hydrogens (tertiary/aromatic N) is 4. The lowest BCUT2D eigenvalue weighted by Gasteiger charge is -2.24. The Hall–Kier alpha value is -4.27. The second kappa shape index (κ2) is 8.58. The summed E-state index contributed by atoms with van der Waals surface area (Å²) in [7, 11) is 1.46. The highest BCUT2D eigenvalue weighted by atomic mass is 19.1. The van der Waals surface area contributed by atoms with Crippen molar-refractivity contribution in [3.05, 3.63) is 66.9 Å². The van der Waals surface area contributed by atoms with Crippen LogP contribution >= 0.6 is 0 Å². The van der Waals surface area contributed by atoms with E-state index in [4.69, 9.17) is 4.74 Å². The van der Waals surface area contributed by atoms with E-state index >= 15 is 0 Å². The van der Waals surface area contributed by atoms with E-state index in [-0.39, 0.29) is 11.4 Å². The zero-order chi connectivity index (χ0) is 24.6. The first-order chi connectivity index (χ1) is 16.0.